The fourth-order valence-corrected chi connectivity index (χ4v) is 2.11. The molecular weight excluding hydrogens is 190 g/mol. The van der Waals surface area contributed by atoms with Crippen molar-refractivity contribution in [3.05, 3.63) is 36.0 Å². The van der Waals surface area contributed by atoms with Gasteiger partial charge in [0.05, 0.1) is 11.8 Å². The summed E-state index contributed by atoms with van der Waals surface area (Å²) in [4.78, 5) is 3.31. The summed E-state index contributed by atoms with van der Waals surface area (Å²) >= 11 is 0. The Bertz CT molecular complexity index is 444. The fraction of sp³-hybridized carbons (Fsp3) is 0.364. The lowest BCUT2D eigenvalue weighted by molar-refractivity contribution is -0.784. The molecule has 2 N–H and O–H groups in total. The molecule has 0 fully saturated rings. The molecule has 4 heteroatoms. The summed E-state index contributed by atoms with van der Waals surface area (Å²) in [6.07, 6.45) is 7.92. The second-order valence-corrected chi connectivity index (χ2v) is 3.82. The Balaban J connectivity index is 2.06. The van der Waals surface area contributed by atoms with E-state index in [1.165, 1.54) is 17.7 Å². The van der Waals surface area contributed by atoms with Gasteiger partial charge in [-0.15, -0.1) is 0 Å². The molecule has 78 valence electrons. The van der Waals surface area contributed by atoms with Crippen LogP contribution in [-0.4, -0.2) is 11.5 Å². The Kier molecular flexibility index (Phi) is 2.07. The van der Waals surface area contributed by atoms with Crippen LogP contribution in [0.4, 0.5) is 0 Å². The number of H-pyrrole nitrogens is 1. The van der Waals surface area contributed by atoms with E-state index in [9.17, 15) is 0 Å². The summed E-state index contributed by atoms with van der Waals surface area (Å²) < 4.78 is 7.17. The molecule has 0 spiro atoms. The molecule has 4 nitrogen and oxygen atoms in total. The van der Waals surface area contributed by atoms with E-state index in [1.807, 2.05) is 18.5 Å². The second kappa shape index (κ2) is 3.55. The molecule has 0 saturated heterocycles. The number of aromatic amines is 1. The van der Waals surface area contributed by atoms with E-state index in [0.29, 0.717) is 0 Å². The molecule has 3 rings (SSSR count). The van der Waals surface area contributed by atoms with Crippen LogP contribution in [0.15, 0.2) is 29.2 Å². The molecule has 0 saturated carbocycles. The number of rotatable bonds is 1. The maximum atomic E-state index is 5.36. The Morgan fingerprint density at radius 2 is 2.40 bits per heavy atom. The van der Waals surface area contributed by atoms with Gasteiger partial charge in [0, 0.05) is 23.0 Å². The smallest absolute Gasteiger partial charge is 0.278 e. The number of fused-ring (bicyclic) bond motifs is 1. The third-order valence-corrected chi connectivity index (χ3v) is 2.85. The fourth-order valence-electron chi connectivity index (χ4n) is 2.11. The van der Waals surface area contributed by atoms with E-state index < -0.39 is 0 Å². The van der Waals surface area contributed by atoms with E-state index in [2.05, 4.69) is 10.3 Å². The van der Waals surface area contributed by atoms with Gasteiger partial charge < -0.3 is 10.3 Å². The first kappa shape index (κ1) is 8.73. The van der Waals surface area contributed by atoms with Crippen molar-refractivity contribution >= 4 is 0 Å². The van der Waals surface area contributed by atoms with Crippen LogP contribution in [0.5, 0.6) is 0 Å². The maximum absolute atomic E-state index is 5.36. The first-order chi connectivity index (χ1) is 7.45. The molecule has 1 aliphatic rings. The maximum Gasteiger partial charge on any atom is 0.278 e. The summed E-state index contributed by atoms with van der Waals surface area (Å²) in [7, 11) is 0. The lowest BCUT2D eigenvalue weighted by Gasteiger charge is -1.95. The number of hydrogen-bond donors (Lipinski definition) is 2. The number of hydrogen-bond acceptors (Lipinski definition) is 2. The highest BCUT2D eigenvalue weighted by atomic mass is 16.5. The zero-order valence-electron chi connectivity index (χ0n) is 8.49. The Morgan fingerprint density at radius 1 is 1.40 bits per heavy atom. The molecule has 2 aromatic rings. The lowest BCUT2D eigenvalue weighted by atomic mass is 10.1. The van der Waals surface area contributed by atoms with Crippen molar-refractivity contribution in [3.63, 3.8) is 0 Å². The van der Waals surface area contributed by atoms with Gasteiger partial charge in [-0.3, -0.25) is 0 Å². The van der Waals surface area contributed by atoms with E-state index in [4.69, 9.17) is 4.52 Å². The highest BCUT2D eigenvalue weighted by Crippen LogP contribution is 2.18. The third-order valence-electron chi connectivity index (χ3n) is 2.85. The van der Waals surface area contributed by atoms with Crippen LogP contribution < -0.4 is 10.1 Å². The standard InChI is InChI=1S/C11H14N3O/c1-3-9-10(7-12-4-1)13-8-11(9)14-5-2-6-15-14/h2,5-6,8,12-13H,1,3-4,7H2/q+1. The number of nitrogens with zero attached hydrogens (tertiary/aromatic N) is 1. The quantitative estimate of drug-likeness (QED) is 0.678. The number of aromatic nitrogens is 2. The van der Waals surface area contributed by atoms with E-state index >= 15 is 0 Å². The molecule has 0 unspecified atom stereocenters. The van der Waals surface area contributed by atoms with Gasteiger partial charge in [0.25, 0.3) is 5.69 Å². The topological polar surface area (TPSA) is 44.8 Å². The normalized spacial score (nSPS) is 16.0. The summed E-state index contributed by atoms with van der Waals surface area (Å²) in [5.74, 6) is 0. The van der Waals surface area contributed by atoms with Gasteiger partial charge in [-0.2, -0.15) is 0 Å². The van der Waals surface area contributed by atoms with Crippen molar-refractivity contribution in [3.8, 4) is 5.69 Å². The molecule has 0 aromatic carbocycles. The van der Waals surface area contributed by atoms with E-state index in [-0.39, 0.29) is 0 Å². The average molecular weight is 204 g/mol. The molecular formula is C11H14N3O+. The molecule has 0 radical (unpaired) electrons. The Morgan fingerprint density at radius 3 is 3.27 bits per heavy atom. The predicted octanol–water partition coefficient (Wildman–Crippen LogP) is 0.920. The molecule has 2 aromatic heterocycles. The summed E-state index contributed by atoms with van der Waals surface area (Å²) in [6, 6.07) is 1.90. The van der Waals surface area contributed by atoms with Crippen LogP contribution >= 0.6 is 0 Å². The van der Waals surface area contributed by atoms with Gasteiger partial charge in [-0.25, -0.2) is 4.52 Å². The molecule has 1 aliphatic heterocycles. The van der Waals surface area contributed by atoms with Crippen molar-refractivity contribution in [1.82, 2.24) is 10.3 Å². The minimum atomic E-state index is 0.927. The monoisotopic (exact) mass is 204 g/mol. The molecule has 0 bridgehead atoms. The average Bonchev–Trinajstić information content (AvgIpc) is 2.83. The van der Waals surface area contributed by atoms with Crippen LogP contribution in [0.2, 0.25) is 0 Å². The molecule has 0 amide bonds. The van der Waals surface area contributed by atoms with Crippen LogP contribution in [-0.2, 0) is 13.0 Å². The zero-order valence-corrected chi connectivity index (χ0v) is 8.49. The number of nitrogens with one attached hydrogen (secondary N) is 2. The second-order valence-electron chi connectivity index (χ2n) is 3.82. The van der Waals surface area contributed by atoms with Crippen molar-refractivity contribution in [2.24, 2.45) is 0 Å². The van der Waals surface area contributed by atoms with Gasteiger partial charge >= 0.3 is 0 Å². The molecule has 0 aliphatic carbocycles. The van der Waals surface area contributed by atoms with Gasteiger partial charge in [0.2, 0.25) is 6.20 Å². The van der Waals surface area contributed by atoms with Crippen molar-refractivity contribution in [2.45, 2.75) is 19.4 Å². The van der Waals surface area contributed by atoms with Crippen molar-refractivity contribution in [2.75, 3.05) is 6.54 Å². The lowest BCUT2D eigenvalue weighted by Crippen LogP contribution is -2.27. The van der Waals surface area contributed by atoms with E-state index in [1.54, 1.807) is 11.0 Å². The highest BCUT2D eigenvalue weighted by Gasteiger charge is 2.22. The Hall–Kier alpha value is -1.55. The predicted molar refractivity (Wildman–Crippen MR) is 54.6 cm³/mol. The van der Waals surface area contributed by atoms with E-state index in [0.717, 1.165) is 25.2 Å². The van der Waals surface area contributed by atoms with Crippen molar-refractivity contribution in [1.29, 1.82) is 0 Å². The first-order valence-electron chi connectivity index (χ1n) is 5.31. The van der Waals surface area contributed by atoms with Gasteiger partial charge in [-0.1, -0.05) is 0 Å². The minimum absolute atomic E-state index is 0.927. The van der Waals surface area contributed by atoms with Crippen LogP contribution in [0.3, 0.4) is 0 Å². The van der Waals surface area contributed by atoms with Gasteiger partial charge in [-0.05, 0) is 19.4 Å². The third kappa shape index (κ3) is 1.47. The molecule has 0 atom stereocenters. The highest BCUT2D eigenvalue weighted by molar-refractivity contribution is 5.37. The molecule has 3 heterocycles. The van der Waals surface area contributed by atoms with Crippen LogP contribution in [0.25, 0.3) is 5.69 Å². The summed E-state index contributed by atoms with van der Waals surface area (Å²) in [6.45, 7) is 2.02. The Labute approximate surface area is 87.9 Å². The summed E-state index contributed by atoms with van der Waals surface area (Å²) in [5, 5.41) is 3.39. The minimum Gasteiger partial charge on any atom is -0.358 e. The van der Waals surface area contributed by atoms with Gasteiger partial charge in [0.15, 0.2) is 6.26 Å². The first-order valence-corrected chi connectivity index (χ1v) is 5.31. The summed E-state index contributed by atoms with van der Waals surface area (Å²) in [5.41, 5.74) is 3.80. The SMILES string of the molecule is c1co[n+](-c2c[nH]c3c2CCCNC3)c1. The van der Waals surface area contributed by atoms with Crippen LogP contribution in [0.1, 0.15) is 17.7 Å². The van der Waals surface area contributed by atoms with Gasteiger partial charge in [0.1, 0.15) is 0 Å². The van der Waals surface area contributed by atoms with Crippen LogP contribution in [0, 0.1) is 0 Å². The zero-order chi connectivity index (χ0) is 10.1. The van der Waals surface area contributed by atoms with Crippen molar-refractivity contribution < 1.29 is 9.26 Å². The largest absolute Gasteiger partial charge is 0.358 e. The molecule has 15 heavy (non-hydrogen) atoms.